The number of anilines is 1. The first-order valence-corrected chi connectivity index (χ1v) is 8.35. The van der Waals surface area contributed by atoms with Crippen molar-refractivity contribution in [1.82, 2.24) is 0 Å². The van der Waals surface area contributed by atoms with Crippen molar-refractivity contribution >= 4 is 11.6 Å². The lowest BCUT2D eigenvalue weighted by Crippen LogP contribution is -2.20. The largest absolute Gasteiger partial charge is 0.388 e. The van der Waals surface area contributed by atoms with Crippen molar-refractivity contribution in [1.29, 1.82) is 0 Å². The van der Waals surface area contributed by atoms with Crippen molar-refractivity contribution in [2.75, 3.05) is 5.32 Å². The van der Waals surface area contributed by atoms with E-state index in [-0.39, 0.29) is 12.0 Å². The van der Waals surface area contributed by atoms with Crippen LogP contribution in [0.15, 0.2) is 18.2 Å². The zero-order valence-electron chi connectivity index (χ0n) is 12.6. The lowest BCUT2D eigenvalue weighted by molar-refractivity contribution is -0.116. The third-order valence-electron chi connectivity index (χ3n) is 4.96. The topological polar surface area (TPSA) is 49.3 Å². The van der Waals surface area contributed by atoms with E-state index >= 15 is 0 Å². The lowest BCUT2D eigenvalue weighted by atomic mass is 9.84. The zero-order valence-corrected chi connectivity index (χ0v) is 12.6. The second-order valence-corrected chi connectivity index (χ2v) is 6.51. The van der Waals surface area contributed by atoms with Crippen LogP contribution in [0.2, 0.25) is 0 Å². The molecule has 1 fully saturated rings. The Morgan fingerprint density at radius 3 is 2.52 bits per heavy atom. The van der Waals surface area contributed by atoms with Gasteiger partial charge in [0, 0.05) is 12.1 Å². The molecule has 3 rings (SSSR count). The van der Waals surface area contributed by atoms with Gasteiger partial charge in [0.2, 0.25) is 5.91 Å². The Labute approximate surface area is 126 Å². The highest BCUT2D eigenvalue weighted by atomic mass is 16.3. The number of fused-ring (bicyclic) bond motifs is 1. The van der Waals surface area contributed by atoms with E-state index in [2.05, 4.69) is 11.4 Å². The maximum absolute atomic E-state index is 11.4. The Morgan fingerprint density at radius 1 is 1.05 bits per heavy atom. The molecule has 1 aliphatic carbocycles. The van der Waals surface area contributed by atoms with E-state index in [1.165, 1.54) is 32.1 Å². The first-order chi connectivity index (χ1) is 10.2. The average molecular weight is 287 g/mol. The summed E-state index contributed by atoms with van der Waals surface area (Å²) in [6.45, 7) is 0. The van der Waals surface area contributed by atoms with Gasteiger partial charge in [-0.2, -0.15) is 0 Å². The standard InChI is InChI=1S/C18H25NO2/c20-17-11-9-14-12-15(8-10-16(14)19-17)18(21)13-6-4-2-1-3-5-7-13/h8,10,12-13,18,21H,1-7,9,11H2,(H,19,20). The van der Waals surface area contributed by atoms with Crippen molar-refractivity contribution in [2.45, 2.75) is 63.9 Å². The van der Waals surface area contributed by atoms with Crippen molar-refractivity contribution in [3.05, 3.63) is 29.3 Å². The minimum atomic E-state index is -0.356. The SMILES string of the molecule is O=C1CCc2cc(C(O)C3CCCCCCC3)ccc2N1. The highest BCUT2D eigenvalue weighted by molar-refractivity contribution is 5.93. The van der Waals surface area contributed by atoms with E-state index in [9.17, 15) is 9.90 Å². The molecule has 1 aromatic carbocycles. The molecule has 0 radical (unpaired) electrons. The fourth-order valence-electron chi connectivity index (χ4n) is 3.66. The van der Waals surface area contributed by atoms with Crippen molar-refractivity contribution < 1.29 is 9.90 Å². The van der Waals surface area contributed by atoms with Crippen LogP contribution in [0.25, 0.3) is 0 Å². The summed E-state index contributed by atoms with van der Waals surface area (Å²) in [7, 11) is 0. The van der Waals surface area contributed by atoms with Crippen LogP contribution in [0.1, 0.15) is 68.6 Å². The van der Waals surface area contributed by atoms with Crippen molar-refractivity contribution in [3.8, 4) is 0 Å². The number of aliphatic hydroxyl groups is 1. The van der Waals surface area contributed by atoms with E-state index in [1.807, 2.05) is 12.1 Å². The van der Waals surface area contributed by atoms with Gasteiger partial charge in [-0.25, -0.2) is 0 Å². The summed E-state index contributed by atoms with van der Waals surface area (Å²) >= 11 is 0. The van der Waals surface area contributed by atoms with Crippen molar-refractivity contribution in [2.24, 2.45) is 5.92 Å². The molecule has 0 spiro atoms. The van der Waals surface area contributed by atoms with Gasteiger partial charge in [0.25, 0.3) is 0 Å². The normalized spacial score (nSPS) is 21.9. The summed E-state index contributed by atoms with van der Waals surface area (Å²) in [5.74, 6) is 0.484. The first-order valence-electron chi connectivity index (χ1n) is 8.35. The number of carbonyl (C=O) groups is 1. The van der Waals surface area contributed by atoms with Gasteiger partial charge in [0.15, 0.2) is 0 Å². The fraction of sp³-hybridized carbons (Fsp3) is 0.611. The molecule has 1 heterocycles. The molecule has 1 amide bonds. The number of aryl methyl sites for hydroxylation is 1. The predicted molar refractivity (Wildman–Crippen MR) is 84.2 cm³/mol. The maximum Gasteiger partial charge on any atom is 0.224 e. The van der Waals surface area contributed by atoms with Gasteiger partial charge in [0.05, 0.1) is 6.10 Å². The number of rotatable bonds is 2. The minimum Gasteiger partial charge on any atom is -0.388 e. The third-order valence-corrected chi connectivity index (χ3v) is 4.96. The Bertz CT molecular complexity index is 504. The van der Waals surface area contributed by atoms with Gasteiger partial charge in [-0.3, -0.25) is 4.79 Å². The van der Waals surface area contributed by atoms with E-state index in [4.69, 9.17) is 0 Å². The number of carbonyl (C=O) groups excluding carboxylic acids is 1. The highest BCUT2D eigenvalue weighted by Crippen LogP contribution is 2.35. The summed E-state index contributed by atoms with van der Waals surface area (Å²) in [4.78, 5) is 11.4. The third kappa shape index (κ3) is 3.46. The summed E-state index contributed by atoms with van der Waals surface area (Å²) < 4.78 is 0. The van der Waals surface area contributed by atoms with Gasteiger partial charge in [0.1, 0.15) is 0 Å². The van der Waals surface area contributed by atoms with Gasteiger partial charge in [-0.1, -0.05) is 44.2 Å². The van der Waals surface area contributed by atoms with Gasteiger partial charge >= 0.3 is 0 Å². The van der Waals surface area contributed by atoms with Crippen LogP contribution >= 0.6 is 0 Å². The van der Waals surface area contributed by atoms with Crippen LogP contribution in [0.3, 0.4) is 0 Å². The second kappa shape index (κ2) is 6.61. The molecule has 21 heavy (non-hydrogen) atoms. The highest BCUT2D eigenvalue weighted by Gasteiger charge is 2.23. The summed E-state index contributed by atoms with van der Waals surface area (Å²) in [5.41, 5.74) is 3.10. The molecule has 3 nitrogen and oxygen atoms in total. The number of aliphatic hydroxyl groups excluding tert-OH is 1. The molecule has 1 unspecified atom stereocenters. The van der Waals surface area contributed by atoms with Gasteiger partial charge in [-0.05, 0) is 42.4 Å². The average Bonchev–Trinajstić information content (AvgIpc) is 2.46. The first kappa shape index (κ1) is 14.6. The molecule has 1 aromatic rings. The molecule has 3 heteroatoms. The van der Waals surface area contributed by atoms with Crippen LogP contribution < -0.4 is 5.32 Å². The minimum absolute atomic E-state index is 0.0933. The van der Waals surface area contributed by atoms with Crippen LogP contribution in [0.5, 0.6) is 0 Å². The molecule has 0 aromatic heterocycles. The van der Waals surface area contributed by atoms with Crippen LogP contribution in [0, 0.1) is 5.92 Å². The molecule has 2 N–H and O–H groups in total. The Hall–Kier alpha value is -1.35. The lowest BCUT2D eigenvalue weighted by Gasteiger charge is -2.26. The van der Waals surface area contributed by atoms with E-state index in [0.717, 1.165) is 36.1 Å². The summed E-state index contributed by atoms with van der Waals surface area (Å²) in [5, 5.41) is 13.6. The summed E-state index contributed by atoms with van der Waals surface area (Å²) in [6, 6.07) is 6.03. The van der Waals surface area contributed by atoms with E-state index in [0.29, 0.717) is 12.3 Å². The molecule has 0 saturated heterocycles. The number of nitrogens with one attached hydrogen (secondary N) is 1. The number of hydrogen-bond acceptors (Lipinski definition) is 2. The molecule has 1 atom stereocenters. The van der Waals surface area contributed by atoms with Crippen LogP contribution in [-0.4, -0.2) is 11.0 Å². The molecule has 1 saturated carbocycles. The molecule has 2 aliphatic rings. The van der Waals surface area contributed by atoms with E-state index < -0.39 is 0 Å². The second-order valence-electron chi connectivity index (χ2n) is 6.51. The smallest absolute Gasteiger partial charge is 0.224 e. The number of benzene rings is 1. The summed E-state index contributed by atoms with van der Waals surface area (Å²) in [6.07, 6.45) is 9.68. The Morgan fingerprint density at radius 2 is 1.76 bits per heavy atom. The Kier molecular flexibility index (Phi) is 4.59. The predicted octanol–water partition coefficient (Wildman–Crippen LogP) is 3.97. The quantitative estimate of drug-likeness (QED) is 0.865. The van der Waals surface area contributed by atoms with Gasteiger partial charge < -0.3 is 10.4 Å². The molecule has 1 aliphatic heterocycles. The number of amides is 1. The van der Waals surface area contributed by atoms with Crippen LogP contribution in [0.4, 0.5) is 5.69 Å². The van der Waals surface area contributed by atoms with E-state index in [1.54, 1.807) is 0 Å². The maximum atomic E-state index is 11.4. The fourth-order valence-corrected chi connectivity index (χ4v) is 3.66. The van der Waals surface area contributed by atoms with Gasteiger partial charge in [-0.15, -0.1) is 0 Å². The van der Waals surface area contributed by atoms with Crippen molar-refractivity contribution in [3.63, 3.8) is 0 Å². The Balaban J connectivity index is 1.74. The molecule has 114 valence electrons. The monoisotopic (exact) mass is 287 g/mol. The number of hydrogen-bond donors (Lipinski definition) is 2. The van der Waals surface area contributed by atoms with Crippen LogP contribution in [-0.2, 0) is 11.2 Å². The zero-order chi connectivity index (χ0) is 14.7. The molecule has 0 bridgehead atoms. The molecular weight excluding hydrogens is 262 g/mol. The molecular formula is C18H25NO2.